The zero-order valence-electron chi connectivity index (χ0n) is 9.31. The number of methoxy groups -OCH3 is 2. The molecule has 17 heavy (non-hydrogen) atoms. The average molecular weight is 234 g/mol. The maximum atomic E-state index is 11.0. The van der Waals surface area contributed by atoms with Gasteiger partial charge in [0.1, 0.15) is 0 Å². The summed E-state index contributed by atoms with van der Waals surface area (Å²) in [5.74, 6) is 4.09. The first kappa shape index (κ1) is 12.6. The number of aldehydes is 1. The third-order valence-electron chi connectivity index (χ3n) is 2.02. The molecule has 0 aliphatic rings. The standard InChI is InChI=1S/C12H10O5/c1-16-10-6-8(4-3-5-13)9(12(14)15)7-11(10)17-2/h5-7H,1-2H3,(H,14,15). The second-order valence-electron chi connectivity index (χ2n) is 2.95. The van der Waals surface area contributed by atoms with Crippen LogP contribution in [0.4, 0.5) is 0 Å². The van der Waals surface area contributed by atoms with Crippen molar-refractivity contribution < 1.29 is 24.2 Å². The Morgan fingerprint density at radius 1 is 1.29 bits per heavy atom. The fraction of sp³-hybridized carbons (Fsp3) is 0.167. The van der Waals surface area contributed by atoms with Crippen molar-refractivity contribution in [2.45, 2.75) is 0 Å². The summed E-state index contributed by atoms with van der Waals surface area (Å²) in [6.07, 6.45) is 0.391. The van der Waals surface area contributed by atoms with Crippen molar-refractivity contribution in [3.8, 4) is 23.3 Å². The Kier molecular flexibility index (Phi) is 4.12. The van der Waals surface area contributed by atoms with E-state index in [-0.39, 0.29) is 11.1 Å². The number of hydrogen-bond donors (Lipinski definition) is 1. The van der Waals surface area contributed by atoms with Crippen LogP contribution in [0, 0.1) is 11.8 Å². The molecule has 0 unspecified atom stereocenters. The van der Waals surface area contributed by atoms with E-state index in [0.29, 0.717) is 17.8 Å². The van der Waals surface area contributed by atoms with Gasteiger partial charge < -0.3 is 14.6 Å². The van der Waals surface area contributed by atoms with Gasteiger partial charge in [-0.15, -0.1) is 0 Å². The zero-order chi connectivity index (χ0) is 12.8. The van der Waals surface area contributed by atoms with E-state index in [2.05, 4.69) is 11.8 Å². The Labute approximate surface area is 98.0 Å². The molecule has 0 radical (unpaired) electrons. The molecule has 0 spiro atoms. The Hall–Kier alpha value is -2.48. The highest BCUT2D eigenvalue weighted by Gasteiger charge is 2.14. The van der Waals surface area contributed by atoms with E-state index < -0.39 is 5.97 Å². The zero-order valence-corrected chi connectivity index (χ0v) is 9.31. The van der Waals surface area contributed by atoms with Crippen LogP contribution in [0.5, 0.6) is 11.5 Å². The van der Waals surface area contributed by atoms with E-state index in [1.54, 1.807) is 0 Å². The number of benzene rings is 1. The Bertz CT molecular complexity index is 508. The van der Waals surface area contributed by atoms with E-state index in [1.165, 1.54) is 26.4 Å². The van der Waals surface area contributed by atoms with Crippen molar-refractivity contribution >= 4 is 12.3 Å². The van der Waals surface area contributed by atoms with Gasteiger partial charge in [-0.3, -0.25) is 4.79 Å². The molecule has 1 aromatic rings. The molecule has 88 valence electrons. The number of rotatable bonds is 3. The smallest absolute Gasteiger partial charge is 0.337 e. The average Bonchev–Trinajstić information content (AvgIpc) is 2.34. The number of ether oxygens (including phenoxy) is 2. The predicted octanol–water partition coefficient (Wildman–Crippen LogP) is 0.952. The van der Waals surface area contributed by atoms with Gasteiger partial charge in [0.2, 0.25) is 0 Å². The first-order valence-corrected chi connectivity index (χ1v) is 4.58. The summed E-state index contributed by atoms with van der Waals surface area (Å²) in [5.41, 5.74) is 0.152. The molecule has 5 heteroatoms. The number of hydrogen-bond acceptors (Lipinski definition) is 4. The van der Waals surface area contributed by atoms with Crippen LogP contribution in [0.1, 0.15) is 15.9 Å². The maximum absolute atomic E-state index is 11.0. The minimum absolute atomic E-state index is 0.0444. The quantitative estimate of drug-likeness (QED) is 0.622. The lowest BCUT2D eigenvalue weighted by atomic mass is 10.1. The number of carbonyl (C=O) groups is 2. The molecule has 0 fully saturated rings. The topological polar surface area (TPSA) is 72.8 Å². The normalized spacial score (nSPS) is 8.82. The third-order valence-corrected chi connectivity index (χ3v) is 2.02. The molecule has 0 atom stereocenters. The first-order chi connectivity index (χ1) is 8.13. The highest BCUT2D eigenvalue weighted by molar-refractivity contribution is 5.92. The Morgan fingerprint density at radius 3 is 2.35 bits per heavy atom. The number of carboxylic acids is 1. The molecule has 0 saturated carbocycles. The second-order valence-corrected chi connectivity index (χ2v) is 2.95. The van der Waals surface area contributed by atoms with Crippen LogP contribution in [0.2, 0.25) is 0 Å². The van der Waals surface area contributed by atoms with Gasteiger partial charge in [-0.1, -0.05) is 5.92 Å². The van der Waals surface area contributed by atoms with E-state index in [0.717, 1.165) is 0 Å². The summed E-state index contributed by atoms with van der Waals surface area (Å²) in [7, 11) is 2.83. The highest BCUT2D eigenvalue weighted by Crippen LogP contribution is 2.30. The molecule has 0 amide bonds. The second kappa shape index (κ2) is 5.56. The minimum Gasteiger partial charge on any atom is -0.493 e. The van der Waals surface area contributed by atoms with Crippen LogP contribution < -0.4 is 9.47 Å². The van der Waals surface area contributed by atoms with Crippen molar-refractivity contribution in [2.24, 2.45) is 0 Å². The summed E-state index contributed by atoms with van der Waals surface area (Å²) in [6.45, 7) is 0. The summed E-state index contributed by atoms with van der Waals surface area (Å²) in [5, 5.41) is 9.00. The maximum Gasteiger partial charge on any atom is 0.337 e. The molecule has 0 saturated heterocycles. The van der Waals surface area contributed by atoms with Gasteiger partial charge in [-0.25, -0.2) is 4.79 Å². The van der Waals surface area contributed by atoms with Crippen LogP contribution in [-0.4, -0.2) is 31.6 Å². The van der Waals surface area contributed by atoms with Gasteiger partial charge in [-0.05, 0) is 12.0 Å². The number of carbonyl (C=O) groups excluding carboxylic acids is 1. The van der Waals surface area contributed by atoms with Gasteiger partial charge in [0.05, 0.1) is 19.8 Å². The molecule has 5 nitrogen and oxygen atoms in total. The lowest BCUT2D eigenvalue weighted by Crippen LogP contribution is -2.02. The van der Waals surface area contributed by atoms with Crippen molar-refractivity contribution in [2.75, 3.05) is 14.2 Å². The van der Waals surface area contributed by atoms with Gasteiger partial charge >= 0.3 is 5.97 Å². The number of aromatic carboxylic acids is 1. The van der Waals surface area contributed by atoms with E-state index in [9.17, 15) is 9.59 Å². The largest absolute Gasteiger partial charge is 0.493 e. The molecule has 0 aliphatic heterocycles. The molecule has 0 aliphatic carbocycles. The van der Waals surface area contributed by atoms with Crippen molar-refractivity contribution in [1.29, 1.82) is 0 Å². The monoisotopic (exact) mass is 234 g/mol. The molecule has 0 bridgehead atoms. The van der Waals surface area contributed by atoms with E-state index in [4.69, 9.17) is 14.6 Å². The van der Waals surface area contributed by atoms with Crippen molar-refractivity contribution in [3.05, 3.63) is 23.3 Å². The van der Waals surface area contributed by atoms with E-state index in [1.807, 2.05) is 0 Å². The van der Waals surface area contributed by atoms with Crippen LogP contribution >= 0.6 is 0 Å². The molecular weight excluding hydrogens is 224 g/mol. The predicted molar refractivity (Wildman–Crippen MR) is 59.4 cm³/mol. The summed E-state index contributed by atoms with van der Waals surface area (Å²) < 4.78 is 10.00. The van der Waals surface area contributed by atoms with E-state index >= 15 is 0 Å². The van der Waals surface area contributed by atoms with Crippen molar-refractivity contribution in [1.82, 2.24) is 0 Å². The lowest BCUT2D eigenvalue weighted by molar-refractivity contribution is -0.103. The lowest BCUT2D eigenvalue weighted by Gasteiger charge is -2.09. The van der Waals surface area contributed by atoms with Crippen LogP contribution in [0.15, 0.2) is 12.1 Å². The first-order valence-electron chi connectivity index (χ1n) is 4.58. The molecule has 1 N–H and O–H groups in total. The molecule has 0 aromatic heterocycles. The molecule has 0 heterocycles. The fourth-order valence-electron chi connectivity index (χ4n) is 1.27. The third kappa shape index (κ3) is 2.75. The number of carboxylic acid groups (broad SMARTS) is 1. The summed E-state index contributed by atoms with van der Waals surface area (Å²) in [4.78, 5) is 21.2. The van der Waals surface area contributed by atoms with Gasteiger partial charge in [0.25, 0.3) is 0 Å². The Morgan fingerprint density at radius 2 is 1.88 bits per heavy atom. The minimum atomic E-state index is -1.15. The molecule has 1 rings (SSSR count). The van der Waals surface area contributed by atoms with Crippen LogP contribution in [0.3, 0.4) is 0 Å². The van der Waals surface area contributed by atoms with Crippen LogP contribution in [0.25, 0.3) is 0 Å². The van der Waals surface area contributed by atoms with Crippen LogP contribution in [-0.2, 0) is 4.79 Å². The fourth-order valence-corrected chi connectivity index (χ4v) is 1.27. The van der Waals surface area contributed by atoms with Gasteiger partial charge in [0.15, 0.2) is 17.8 Å². The highest BCUT2D eigenvalue weighted by atomic mass is 16.5. The SMILES string of the molecule is COc1cc(C#CC=O)c(C(=O)O)cc1OC. The summed E-state index contributed by atoms with van der Waals surface area (Å²) in [6, 6.07) is 2.72. The van der Waals surface area contributed by atoms with Gasteiger partial charge in [0, 0.05) is 11.6 Å². The molecular formula is C12H10O5. The van der Waals surface area contributed by atoms with Crippen molar-refractivity contribution in [3.63, 3.8) is 0 Å². The Balaban J connectivity index is 3.45. The van der Waals surface area contributed by atoms with Gasteiger partial charge in [-0.2, -0.15) is 0 Å². The molecule has 1 aromatic carbocycles. The summed E-state index contributed by atoms with van der Waals surface area (Å²) >= 11 is 0.